The number of carbonyl (C=O) groups excluding carboxylic acids is 1. The minimum atomic E-state index is -3.68. The van der Waals surface area contributed by atoms with Crippen molar-refractivity contribution in [2.75, 3.05) is 48.8 Å². The molecule has 0 aliphatic carbocycles. The highest BCUT2D eigenvalue weighted by Crippen LogP contribution is 2.34. The van der Waals surface area contributed by atoms with Crippen molar-refractivity contribution in [3.05, 3.63) is 42.5 Å². The lowest BCUT2D eigenvalue weighted by Gasteiger charge is -2.24. The Bertz CT molecular complexity index is 1070. The fourth-order valence-corrected chi connectivity index (χ4v) is 6.75. The number of carbonyl (C=O) groups is 1. The molecule has 0 saturated carbocycles. The summed E-state index contributed by atoms with van der Waals surface area (Å²) >= 11 is 1.81. The zero-order valence-electron chi connectivity index (χ0n) is 18.2. The Hall–Kier alpha value is -2.23. The maximum atomic E-state index is 13.2. The number of benzene rings is 2. The van der Waals surface area contributed by atoms with Gasteiger partial charge < -0.3 is 15.0 Å². The highest BCUT2D eigenvalue weighted by Gasteiger charge is 2.30. The normalized spacial score (nSPS) is 17.0. The van der Waals surface area contributed by atoms with Crippen LogP contribution in [0.25, 0.3) is 0 Å². The van der Waals surface area contributed by atoms with Gasteiger partial charge in [-0.05, 0) is 62.3 Å². The molecule has 0 unspecified atom stereocenters. The largest absolute Gasteiger partial charge is 0.492 e. The molecule has 0 radical (unpaired) electrons. The lowest BCUT2D eigenvalue weighted by Crippen LogP contribution is -2.34. The molecule has 1 N–H and O–H groups in total. The van der Waals surface area contributed by atoms with Gasteiger partial charge in [-0.1, -0.05) is 12.1 Å². The van der Waals surface area contributed by atoms with Gasteiger partial charge in [-0.2, -0.15) is 4.31 Å². The summed E-state index contributed by atoms with van der Waals surface area (Å²) in [6, 6.07) is 13.0. The van der Waals surface area contributed by atoms with Crippen LogP contribution in [0.15, 0.2) is 52.3 Å². The summed E-state index contributed by atoms with van der Waals surface area (Å²) in [7, 11) is -3.68. The van der Waals surface area contributed by atoms with Crippen molar-refractivity contribution in [3.63, 3.8) is 0 Å². The number of ether oxygens (including phenoxy) is 1. The SMILES string of the molecule is CCOc1ccc(NC(=O)CN2CCCSc3ccccc32)cc1S(=O)(=O)N1CCCC1. The molecule has 0 aromatic heterocycles. The lowest BCUT2D eigenvalue weighted by atomic mass is 10.2. The van der Waals surface area contributed by atoms with E-state index in [-0.39, 0.29) is 17.3 Å². The topological polar surface area (TPSA) is 79.0 Å². The van der Waals surface area contributed by atoms with Gasteiger partial charge in [0.2, 0.25) is 15.9 Å². The first-order chi connectivity index (χ1) is 15.5. The van der Waals surface area contributed by atoms with E-state index in [4.69, 9.17) is 4.74 Å². The summed E-state index contributed by atoms with van der Waals surface area (Å²) in [5.41, 5.74) is 1.52. The van der Waals surface area contributed by atoms with Crippen LogP contribution in [0.1, 0.15) is 26.2 Å². The molecule has 172 valence electrons. The zero-order valence-corrected chi connectivity index (χ0v) is 19.9. The van der Waals surface area contributed by atoms with Gasteiger partial charge >= 0.3 is 0 Å². The molecular weight excluding hydrogens is 446 g/mol. The van der Waals surface area contributed by atoms with Gasteiger partial charge in [0.1, 0.15) is 10.6 Å². The number of fused-ring (bicyclic) bond motifs is 1. The second kappa shape index (κ2) is 10.1. The van der Waals surface area contributed by atoms with Crippen LogP contribution in [0.4, 0.5) is 11.4 Å². The summed E-state index contributed by atoms with van der Waals surface area (Å²) in [4.78, 5) is 16.2. The van der Waals surface area contributed by atoms with Gasteiger partial charge in [0.05, 0.1) is 18.8 Å². The molecule has 4 rings (SSSR count). The zero-order chi connectivity index (χ0) is 22.6. The quantitative estimate of drug-likeness (QED) is 0.656. The number of para-hydroxylation sites is 1. The number of nitrogens with one attached hydrogen (secondary N) is 1. The molecule has 9 heteroatoms. The Morgan fingerprint density at radius 1 is 1.09 bits per heavy atom. The van der Waals surface area contributed by atoms with Crippen molar-refractivity contribution in [2.24, 2.45) is 0 Å². The molecule has 2 aromatic rings. The number of hydrogen-bond donors (Lipinski definition) is 1. The molecule has 1 saturated heterocycles. The monoisotopic (exact) mass is 475 g/mol. The maximum Gasteiger partial charge on any atom is 0.246 e. The molecule has 7 nitrogen and oxygen atoms in total. The highest BCUT2D eigenvalue weighted by molar-refractivity contribution is 7.99. The molecule has 0 spiro atoms. The first kappa shape index (κ1) is 22.9. The first-order valence-electron chi connectivity index (χ1n) is 11.0. The Morgan fingerprint density at radius 2 is 1.88 bits per heavy atom. The number of anilines is 2. The summed E-state index contributed by atoms with van der Waals surface area (Å²) in [5, 5.41) is 2.89. The van der Waals surface area contributed by atoms with Crippen LogP contribution in [0.2, 0.25) is 0 Å². The van der Waals surface area contributed by atoms with E-state index in [9.17, 15) is 13.2 Å². The number of hydrogen-bond acceptors (Lipinski definition) is 6. The van der Waals surface area contributed by atoms with Crippen LogP contribution in [0, 0.1) is 0 Å². The van der Waals surface area contributed by atoms with Crippen LogP contribution in [-0.2, 0) is 14.8 Å². The number of sulfonamides is 1. The van der Waals surface area contributed by atoms with Gasteiger partial charge in [0, 0.05) is 30.2 Å². The Kier molecular flexibility index (Phi) is 7.27. The van der Waals surface area contributed by atoms with Gasteiger partial charge in [0.15, 0.2) is 0 Å². The standard InChI is InChI=1S/C23H29N3O4S2/c1-2-30-20-11-10-18(16-22(20)32(28,29)26-13-5-6-14-26)24-23(27)17-25-12-7-15-31-21-9-4-3-8-19(21)25/h3-4,8-11,16H,2,5-7,12-15,17H2,1H3,(H,24,27). The third kappa shape index (κ3) is 5.05. The summed E-state index contributed by atoms with van der Waals surface area (Å²) in [6.45, 7) is 4.21. The summed E-state index contributed by atoms with van der Waals surface area (Å²) in [5.74, 6) is 1.16. The number of thioether (sulfide) groups is 1. The minimum Gasteiger partial charge on any atom is -0.492 e. The van der Waals surface area contributed by atoms with E-state index in [1.54, 1.807) is 12.1 Å². The van der Waals surface area contributed by atoms with Crippen molar-refractivity contribution >= 4 is 39.1 Å². The van der Waals surface area contributed by atoms with Crippen molar-refractivity contribution in [1.29, 1.82) is 0 Å². The van der Waals surface area contributed by atoms with E-state index in [1.807, 2.05) is 36.9 Å². The van der Waals surface area contributed by atoms with Crippen LogP contribution in [0.3, 0.4) is 0 Å². The molecule has 2 heterocycles. The predicted octanol–water partition coefficient (Wildman–Crippen LogP) is 3.81. The maximum absolute atomic E-state index is 13.2. The lowest BCUT2D eigenvalue weighted by molar-refractivity contribution is -0.115. The third-order valence-electron chi connectivity index (χ3n) is 5.58. The van der Waals surface area contributed by atoms with E-state index in [1.165, 1.54) is 15.3 Å². The highest BCUT2D eigenvalue weighted by atomic mass is 32.2. The Labute approximate surface area is 194 Å². The molecule has 32 heavy (non-hydrogen) atoms. The van der Waals surface area contributed by atoms with Crippen molar-refractivity contribution < 1.29 is 17.9 Å². The van der Waals surface area contributed by atoms with E-state index < -0.39 is 10.0 Å². The van der Waals surface area contributed by atoms with Gasteiger partial charge in [-0.25, -0.2) is 8.42 Å². The summed E-state index contributed by atoms with van der Waals surface area (Å²) < 4.78 is 33.4. The number of nitrogens with zero attached hydrogens (tertiary/aromatic N) is 2. The molecule has 2 aliphatic rings. The minimum absolute atomic E-state index is 0.107. The van der Waals surface area contributed by atoms with E-state index in [2.05, 4.69) is 16.3 Å². The van der Waals surface area contributed by atoms with E-state index in [0.717, 1.165) is 37.2 Å². The van der Waals surface area contributed by atoms with Crippen LogP contribution < -0.4 is 15.0 Å². The molecule has 1 amide bonds. The van der Waals surface area contributed by atoms with Crippen molar-refractivity contribution in [3.8, 4) is 5.75 Å². The second-order valence-electron chi connectivity index (χ2n) is 7.85. The molecule has 2 aromatic carbocycles. The van der Waals surface area contributed by atoms with Gasteiger partial charge in [-0.15, -0.1) is 11.8 Å². The molecular formula is C23H29N3O4S2. The first-order valence-corrected chi connectivity index (χ1v) is 13.4. The second-order valence-corrected chi connectivity index (χ2v) is 10.9. The number of rotatable bonds is 7. The Morgan fingerprint density at radius 3 is 2.66 bits per heavy atom. The average Bonchev–Trinajstić information content (AvgIpc) is 3.26. The molecule has 2 aliphatic heterocycles. The van der Waals surface area contributed by atoms with Crippen molar-refractivity contribution in [1.82, 2.24) is 4.31 Å². The molecule has 0 bridgehead atoms. The predicted molar refractivity (Wildman–Crippen MR) is 128 cm³/mol. The smallest absolute Gasteiger partial charge is 0.246 e. The fraction of sp³-hybridized carbons (Fsp3) is 0.435. The van der Waals surface area contributed by atoms with Crippen LogP contribution in [-0.4, -0.2) is 57.2 Å². The van der Waals surface area contributed by atoms with E-state index >= 15 is 0 Å². The van der Waals surface area contributed by atoms with Crippen molar-refractivity contribution in [2.45, 2.75) is 36.0 Å². The van der Waals surface area contributed by atoms with Gasteiger partial charge in [-0.3, -0.25) is 4.79 Å². The number of amides is 1. The van der Waals surface area contributed by atoms with E-state index in [0.29, 0.717) is 31.1 Å². The summed E-state index contributed by atoms with van der Waals surface area (Å²) in [6.07, 6.45) is 2.71. The molecule has 0 atom stereocenters. The molecule has 1 fully saturated rings. The van der Waals surface area contributed by atoms with Gasteiger partial charge in [0.25, 0.3) is 0 Å². The third-order valence-corrected chi connectivity index (χ3v) is 8.65. The van der Waals surface area contributed by atoms with Crippen LogP contribution >= 0.6 is 11.8 Å². The van der Waals surface area contributed by atoms with Crippen LogP contribution in [0.5, 0.6) is 5.75 Å². The fourth-order valence-electron chi connectivity index (χ4n) is 4.07. The average molecular weight is 476 g/mol. The Balaban J connectivity index is 1.54.